The standard InChI is InChI=1S/C15H14N2O/c1-2-15(18)17-11-13-6-3-4-8-14(13)12-7-5-9-16-10-12/h2-10H,1,11H2,(H,17,18). The highest BCUT2D eigenvalue weighted by Gasteiger charge is 2.04. The number of hydrogen-bond acceptors (Lipinski definition) is 2. The summed E-state index contributed by atoms with van der Waals surface area (Å²) in [5.41, 5.74) is 3.18. The van der Waals surface area contributed by atoms with Gasteiger partial charge in [-0.3, -0.25) is 9.78 Å². The lowest BCUT2D eigenvalue weighted by molar-refractivity contribution is -0.116. The Balaban J connectivity index is 2.26. The minimum absolute atomic E-state index is 0.170. The molecule has 0 saturated heterocycles. The van der Waals surface area contributed by atoms with Crippen LogP contribution in [0.1, 0.15) is 5.56 Å². The molecule has 0 fully saturated rings. The second-order valence-corrected chi connectivity index (χ2v) is 3.82. The fraction of sp³-hybridized carbons (Fsp3) is 0.0667. The maximum Gasteiger partial charge on any atom is 0.243 e. The molecule has 3 heteroatoms. The van der Waals surface area contributed by atoms with Crippen LogP contribution in [0.5, 0.6) is 0 Å². The van der Waals surface area contributed by atoms with Crippen molar-refractivity contribution in [1.82, 2.24) is 10.3 Å². The molecule has 18 heavy (non-hydrogen) atoms. The van der Waals surface area contributed by atoms with E-state index in [1.165, 1.54) is 6.08 Å². The van der Waals surface area contributed by atoms with Gasteiger partial charge in [-0.05, 0) is 23.3 Å². The van der Waals surface area contributed by atoms with Crippen molar-refractivity contribution < 1.29 is 4.79 Å². The van der Waals surface area contributed by atoms with Crippen molar-refractivity contribution in [2.24, 2.45) is 0 Å². The zero-order chi connectivity index (χ0) is 12.8. The molecule has 2 aromatic rings. The van der Waals surface area contributed by atoms with Crippen LogP contribution in [0.2, 0.25) is 0 Å². The first kappa shape index (κ1) is 12.0. The van der Waals surface area contributed by atoms with Gasteiger partial charge in [-0.2, -0.15) is 0 Å². The van der Waals surface area contributed by atoms with Crippen LogP contribution in [0.4, 0.5) is 0 Å². The number of nitrogens with zero attached hydrogens (tertiary/aromatic N) is 1. The van der Waals surface area contributed by atoms with Crippen LogP contribution >= 0.6 is 0 Å². The summed E-state index contributed by atoms with van der Waals surface area (Å²) in [7, 11) is 0. The Morgan fingerprint density at radius 2 is 2.11 bits per heavy atom. The fourth-order valence-corrected chi connectivity index (χ4v) is 1.73. The van der Waals surface area contributed by atoms with Crippen molar-refractivity contribution in [3.63, 3.8) is 0 Å². The molecule has 3 nitrogen and oxygen atoms in total. The number of carbonyl (C=O) groups is 1. The molecule has 1 aromatic carbocycles. The van der Waals surface area contributed by atoms with E-state index in [0.29, 0.717) is 6.54 Å². The third kappa shape index (κ3) is 2.83. The Morgan fingerprint density at radius 3 is 2.83 bits per heavy atom. The lowest BCUT2D eigenvalue weighted by Crippen LogP contribution is -2.20. The highest BCUT2D eigenvalue weighted by atomic mass is 16.1. The first-order valence-electron chi connectivity index (χ1n) is 5.70. The lowest BCUT2D eigenvalue weighted by atomic mass is 10.0. The van der Waals surface area contributed by atoms with E-state index in [1.54, 1.807) is 6.20 Å². The van der Waals surface area contributed by atoms with Crippen LogP contribution in [0.25, 0.3) is 11.1 Å². The molecule has 0 atom stereocenters. The van der Waals surface area contributed by atoms with Gasteiger partial charge >= 0.3 is 0 Å². The Kier molecular flexibility index (Phi) is 3.86. The quantitative estimate of drug-likeness (QED) is 0.832. The highest BCUT2D eigenvalue weighted by molar-refractivity contribution is 5.87. The molecule has 0 bridgehead atoms. The van der Waals surface area contributed by atoms with E-state index < -0.39 is 0 Å². The summed E-state index contributed by atoms with van der Waals surface area (Å²) < 4.78 is 0. The molecule has 0 spiro atoms. The first-order chi connectivity index (χ1) is 8.81. The van der Waals surface area contributed by atoms with E-state index >= 15 is 0 Å². The van der Waals surface area contributed by atoms with Crippen molar-refractivity contribution in [3.8, 4) is 11.1 Å². The van der Waals surface area contributed by atoms with Gasteiger partial charge < -0.3 is 5.32 Å². The summed E-state index contributed by atoms with van der Waals surface area (Å²) in [6.45, 7) is 3.91. The average Bonchev–Trinajstić information content (AvgIpc) is 2.46. The van der Waals surface area contributed by atoms with Crippen LogP contribution in [-0.4, -0.2) is 10.9 Å². The number of carbonyl (C=O) groups excluding carboxylic acids is 1. The van der Waals surface area contributed by atoms with Crippen molar-refractivity contribution in [2.45, 2.75) is 6.54 Å². The number of amides is 1. The predicted molar refractivity (Wildman–Crippen MR) is 71.7 cm³/mol. The van der Waals surface area contributed by atoms with E-state index in [-0.39, 0.29) is 5.91 Å². The molecule has 90 valence electrons. The van der Waals surface area contributed by atoms with Gasteiger partial charge in [0.05, 0.1) is 0 Å². The van der Waals surface area contributed by atoms with Crippen LogP contribution in [0, 0.1) is 0 Å². The van der Waals surface area contributed by atoms with Gasteiger partial charge in [-0.15, -0.1) is 0 Å². The Morgan fingerprint density at radius 1 is 1.28 bits per heavy atom. The maximum absolute atomic E-state index is 11.2. The lowest BCUT2D eigenvalue weighted by Gasteiger charge is -2.09. The highest BCUT2D eigenvalue weighted by Crippen LogP contribution is 2.22. The maximum atomic E-state index is 11.2. The van der Waals surface area contributed by atoms with Crippen LogP contribution < -0.4 is 5.32 Å². The normalized spacial score (nSPS) is 9.78. The van der Waals surface area contributed by atoms with Crippen molar-refractivity contribution in [1.29, 1.82) is 0 Å². The SMILES string of the molecule is C=CC(=O)NCc1ccccc1-c1cccnc1. The van der Waals surface area contributed by atoms with E-state index in [9.17, 15) is 4.79 Å². The summed E-state index contributed by atoms with van der Waals surface area (Å²) in [5.74, 6) is -0.170. The van der Waals surface area contributed by atoms with E-state index in [2.05, 4.69) is 16.9 Å². The molecular weight excluding hydrogens is 224 g/mol. The number of nitrogens with one attached hydrogen (secondary N) is 1. The van der Waals surface area contributed by atoms with E-state index in [1.807, 2.05) is 42.6 Å². The molecule has 0 unspecified atom stereocenters. The Hall–Kier alpha value is -2.42. The molecule has 2 rings (SSSR count). The van der Waals surface area contributed by atoms with Crippen LogP contribution in [0.15, 0.2) is 61.4 Å². The number of hydrogen-bond donors (Lipinski definition) is 1. The third-order valence-electron chi connectivity index (χ3n) is 2.63. The smallest absolute Gasteiger partial charge is 0.243 e. The largest absolute Gasteiger partial charge is 0.348 e. The van der Waals surface area contributed by atoms with Gasteiger partial charge in [-0.25, -0.2) is 0 Å². The van der Waals surface area contributed by atoms with Crippen molar-refractivity contribution >= 4 is 5.91 Å². The number of aromatic nitrogens is 1. The first-order valence-corrected chi connectivity index (χ1v) is 5.70. The summed E-state index contributed by atoms with van der Waals surface area (Å²) in [5, 5.41) is 2.78. The zero-order valence-corrected chi connectivity index (χ0v) is 9.97. The minimum Gasteiger partial charge on any atom is -0.348 e. The van der Waals surface area contributed by atoms with Crippen molar-refractivity contribution in [2.75, 3.05) is 0 Å². The van der Waals surface area contributed by atoms with Crippen LogP contribution in [-0.2, 0) is 11.3 Å². The Labute approximate surface area is 106 Å². The molecule has 0 aliphatic heterocycles. The molecule has 0 radical (unpaired) electrons. The van der Waals surface area contributed by atoms with Gasteiger partial charge in [0, 0.05) is 24.5 Å². The van der Waals surface area contributed by atoms with Gasteiger partial charge in [0.15, 0.2) is 0 Å². The molecule has 0 saturated carbocycles. The molecular formula is C15H14N2O. The molecule has 0 aliphatic rings. The summed E-state index contributed by atoms with van der Waals surface area (Å²) in [6, 6.07) is 11.8. The van der Waals surface area contributed by atoms with Gasteiger partial charge in [0.2, 0.25) is 5.91 Å². The summed E-state index contributed by atoms with van der Waals surface area (Å²) >= 11 is 0. The van der Waals surface area contributed by atoms with Crippen LogP contribution in [0.3, 0.4) is 0 Å². The summed E-state index contributed by atoms with van der Waals surface area (Å²) in [4.78, 5) is 15.3. The molecule has 1 N–H and O–H groups in total. The molecule has 1 aromatic heterocycles. The molecule has 0 aliphatic carbocycles. The van der Waals surface area contributed by atoms with E-state index in [0.717, 1.165) is 16.7 Å². The van der Waals surface area contributed by atoms with Gasteiger partial charge in [-0.1, -0.05) is 36.9 Å². The molecule has 1 heterocycles. The third-order valence-corrected chi connectivity index (χ3v) is 2.63. The van der Waals surface area contributed by atoms with E-state index in [4.69, 9.17) is 0 Å². The predicted octanol–water partition coefficient (Wildman–Crippen LogP) is 2.55. The number of pyridine rings is 1. The number of benzene rings is 1. The molecule has 1 amide bonds. The minimum atomic E-state index is -0.170. The second-order valence-electron chi connectivity index (χ2n) is 3.82. The van der Waals surface area contributed by atoms with Gasteiger partial charge in [0.25, 0.3) is 0 Å². The fourth-order valence-electron chi connectivity index (χ4n) is 1.73. The Bertz CT molecular complexity index is 549. The second kappa shape index (κ2) is 5.77. The zero-order valence-electron chi connectivity index (χ0n) is 9.97. The average molecular weight is 238 g/mol. The monoisotopic (exact) mass is 238 g/mol. The van der Waals surface area contributed by atoms with Gasteiger partial charge in [0.1, 0.15) is 0 Å². The van der Waals surface area contributed by atoms with Crippen molar-refractivity contribution in [3.05, 3.63) is 67.0 Å². The topological polar surface area (TPSA) is 42.0 Å². The summed E-state index contributed by atoms with van der Waals surface area (Å²) in [6.07, 6.45) is 4.83. The number of rotatable bonds is 4.